The third kappa shape index (κ3) is 4.87. The molecule has 0 unspecified atom stereocenters. The summed E-state index contributed by atoms with van der Waals surface area (Å²) in [4.78, 5) is 30.3. The summed E-state index contributed by atoms with van der Waals surface area (Å²) < 4.78 is 32.9. The first-order valence-electron chi connectivity index (χ1n) is 10.7. The Labute approximate surface area is 188 Å². The SMILES string of the molecule is CCN(CC)S(=O)(=O)c1ccc(N2CCOCC2)c(NC(=O)c2c(C)cc(C)[nH]c2=O)c1. The van der Waals surface area contributed by atoms with Gasteiger partial charge in [0.1, 0.15) is 5.56 Å². The van der Waals surface area contributed by atoms with E-state index in [1.807, 2.05) is 4.90 Å². The predicted octanol–water partition coefficient (Wildman–Crippen LogP) is 2.11. The highest BCUT2D eigenvalue weighted by atomic mass is 32.2. The standard InChI is InChI=1S/C22H30N4O5S/c1-5-26(6-2)32(29,30)17-7-8-19(25-9-11-31-12-10-25)18(14-17)24-22(28)20-15(3)13-16(4)23-21(20)27/h7-8,13-14H,5-6,9-12H2,1-4H3,(H,23,27)(H,24,28). The highest BCUT2D eigenvalue weighted by Crippen LogP contribution is 2.31. The number of hydrogen-bond donors (Lipinski definition) is 2. The van der Waals surface area contributed by atoms with E-state index in [1.165, 1.54) is 10.4 Å². The number of H-pyrrole nitrogens is 1. The highest BCUT2D eigenvalue weighted by molar-refractivity contribution is 7.89. The molecule has 0 spiro atoms. The van der Waals surface area contributed by atoms with E-state index in [9.17, 15) is 18.0 Å². The van der Waals surface area contributed by atoms with Crippen LogP contribution in [0.4, 0.5) is 11.4 Å². The maximum atomic E-state index is 13.1. The maximum Gasteiger partial charge on any atom is 0.261 e. The van der Waals surface area contributed by atoms with Crippen LogP contribution in [0.5, 0.6) is 0 Å². The molecule has 1 aliphatic rings. The first kappa shape index (κ1) is 24.0. The van der Waals surface area contributed by atoms with Crippen LogP contribution in [0.15, 0.2) is 34.0 Å². The molecule has 0 saturated carbocycles. The van der Waals surface area contributed by atoms with Crippen molar-refractivity contribution in [2.75, 3.05) is 49.6 Å². The fourth-order valence-electron chi connectivity index (χ4n) is 3.89. The van der Waals surface area contributed by atoms with E-state index >= 15 is 0 Å². The molecule has 174 valence electrons. The zero-order valence-corrected chi connectivity index (χ0v) is 19.7. The number of ether oxygens (including phenoxy) is 1. The summed E-state index contributed by atoms with van der Waals surface area (Å²) in [5, 5.41) is 2.79. The maximum absolute atomic E-state index is 13.1. The van der Waals surface area contributed by atoms with Gasteiger partial charge in [0.2, 0.25) is 10.0 Å². The van der Waals surface area contributed by atoms with E-state index in [0.717, 1.165) is 0 Å². The minimum absolute atomic E-state index is 0.000491. The lowest BCUT2D eigenvalue weighted by Gasteiger charge is -2.31. The van der Waals surface area contributed by atoms with Crippen LogP contribution in [-0.2, 0) is 14.8 Å². The van der Waals surface area contributed by atoms with Crippen LogP contribution in [0, 0.1) is 13.8 Å². The van der Waals surface area contributed by atoms with Crippen molar-refractivity contribution in [2.45, 2.75) is 32.6 Å². The fraction of sp³-hybridized carbons (Fsp3) is 0.455. The van der Waals surface area contributed by atoms with Gasteiger partial charge in [0.05, 0.1) is 29.5 Å². The lowest BCUT2D eigenvalue weighted by Crippen LogP contribution is -2.37. The van der Waals surface area contributed by atoms with E-state index in [2.05, 4.69) is 10.3 Å². The number of aromatic nitrogens is 1. The first-order chi connectivity index (χ1) is 15.2. The number of anilines is 2. The van der Waals surface area contributed by atoms with Gasteiger partial charge in [0.25, 0.3) is 11.5 Å². The third-order valence-corrected chi connectivity index (χ3v) is 7.55. The number of aromatic amines is 1. The number of carbonyl (C=O) groups is 1. The zero-order valence-electron chi connectivity index (χ0n) is 18.9. The Morgan fingerprint density at radius 3 is 2.41 bits per heavy atom. The number of sulfonamides is 1. The van der Waals surface area contributed by atoms with Gasteiger partial charge in [0, 0.05) is 31.9 Å². The van der Waals surface area contributed by atoms with Gasteiger partial charge in [-0.1, -0.05) is 13.8 Å². The minimum atomic E-state index is -3.72. The Morgan fingerprint density at radius 2 is 1.81 bits per heavy atom. The van der Waals surface area contributed by atoms with E-state index in [-0.39, 0.29) is 10.5 Å². The average molecular weight is 463 g/mol. The number of benzene rings is 1. The molecule has 10 heteroatoms. The Hall–Kier alpha value is -2.69. The number of amides is 1. The van der Waals surface area contributed by atoms with E-state index in [1.54, 1.807) is 45.9 Å². The highest BCUT2D eigenvalue weighted by Gasteiger charge is 2.25. The van der Waals surface area contributed by atoms with Crippen molar-refractivity contribution in [3.63, 3.8) is 0 Å². The molecule has 0 bridgehead atoms. The Balaban J connectivity index is 2.06. The number of morpholine rings is 1. The van der Waals surface area contributed by atoms with Crippen LogP contribution >= 0.6 is 0 Å². The second kappa shape index (κ2) is 9.85. The van der Waals surface area contributed by atoms with Crippen molar-refractivity contribution in [1.29, 1.82) is 0 Å². The number of aryl methyl sites for hydroxylation is 2. The lowest BCUT2D eigenvalue weighted by molar-refractivity contribution is 0.102. The van der Waals surface area contributed by atoms with Crippen molar-refractivity contribution in [2.24, 2.45) is 0 Å². The van der Waals surface area contributed by atoms with Gasteiger partial charge in [-0.25, -0.2) is 8.42 Å². The second-order valence-electron chi connectivity index (χ2n) is 7.66. The molecular formula is C22H30N4O5S. The first-order valence-corrected chi connectivity index (χ1v) is 12.1. The van der Waals surface area contributed by atoms with Crippen molar-refractivity contribution < 1.29 is 17.9 Å². The minimum Gasteiger partial charge on any atom is -0.378 e. The molecule has 1 aliphatic heterocycles. The Kier molecular flexibility index (Phi) is 7.37. The fourth-order valence-corrected chi connectivity index (χ4v) is 5.37. The molecule has 9 nitrogen and oxygen atoms in total. The molecule has 2 N–H and O–H groups in total. The molecule has 1 aromatic heterocycles. The van der Waals surface area contributed by atoms with Gasteiger partial charge >= 0.3 is 0 Å². The van der Waals surface area contributed by atoms with Gasteiger partial charge in [-0.05, 0) is 43.7 Å². The summed E-state index contributed by atoms with van der Waals surface area (Å²) in [5.74, 6) is -0.587. The van der Waals surface area contributed by atoms with Crippen LogP contribution in [0.1, 0.15) is 35.5 Å². The topological polar surface area (TPSA) is 112 Å². The molecule has 3 rings (SSSR count). The molecule has 2 heterocycles. The van der Waals surface area contributed by atoms with E-state index < -0.39 is 21.5 Å². The van der Waals surface area contributed by atoms with Crippen LogP contribution in [0.25, 0.3) is 0 Å². The number of hydrogen-bond acceptors (Lipinski definition) is 6. The van der Waals surface area contributed by atoms with E-state index in [0.29, 0.717) is 62.0 Å². The van der Waals surface area contributed by atoms with Crippen molar-refractivity contribution in [3.05, 3.63) is 51.4 Å². The van der Waals surface area contributed by atoms with Crippen molar-refractivity contribution in [1.82, 2.24) is 9.29 Å². The average Bonchev–Trinajstić information content (AvgIpc) is 2.74. The monoisotopic (exact) mass is 462 g/mol. The van der Waals surface area contributed by atoms with Gasteiger partial charge < -0.3 is 19.9 Å². The predicted molar refractivity (Wildman–Crippen MR) is 124 cm³/mol. The second-order valence-corrected chi connectivity index (χ2v) is 9.60. The summed E-state index contributed by atoms with van der Waals surface area (Å²) in [6.07, 6.45) is 0. The Bertz CT molecular complexity index is 1150. The molecule has 0 aliphatic carbocycles. The number of pyridine rings is 1. The molecule has 1 saturated heterocycles. The summed E-state index contributed by atoms with van der Waals surface area (Å²) in [7, 11) is -3.72. The van der Waals surface area contributed by atoms with Crippen molar-refractivity contribution >= 4 is 27.3 Å². The smallest absolute Gasteiger partial charge is 0.261 e. The number of nitrogens with one attached hydrogen (secondary N) is 2. The normalized spacial score (nSPS) is 14.6. The third-order valence-electron chi connectivity index (χ3n) is 5.50. The largest absolute Gasteiger partial charge is 0.378 e. The van der Waals surface area contributed by atoms with Crippen LogP contribution < -0.4 is 15.8 Å². The molecule has 2 aromatic rings. The summed E-state index contributed by atoms with van der Waals surface area (Å²) in [5.41, 5.74) is 1.74. The molecule has 0 atom stereocenters. The summed E-state index contributed by atoms with van der Waals surface area (Å²) in [6, 6.07) is 6.44. The molecule has 1 aromatic carbocycles. The van der Waals surface area contributed by atoms with Gasteiger partial charge in [0.15, 0.2) is 0 Å². The van der Waals surface area contributed by atoms with Gasteiger partial charge in [-0.3, -0.25) is 9.59 Å². The summed E-state index contributed by atoms with van der Waals surface area (Å²) in [6.45, 7) is 9.94. The van der Waals surface area contributed by atoms with Gasteiger partial charge in [-0.2, -0.15) is 4.31 Å². The van der Waals surface area contributed by atoms with Crippen LogP contribution in [-0.4, -0.2) is 63.0 Å². The lowest BCUT2D eigenvalue weighted by atomic mass is 10.1. The quantitative estimate of drug-likeness (QED) is 0.652. The van der Waals surface area contributed by atoms with Crippen molar-refractivity contribution in [3.8, 4) is 0 Å². The summed E-state index contributed by atoms with van der Waals surface area (Å²) >= 11 is 0. The van der Waals surface area contributed by atoms with E-state index in [4.69, 9.17) is 4.74 Å². The molecule has 32 heavy (non-hydrogen) atoms. The van der Waals surface area contributed by atoms with Gasteiger partial charge in [-0.15, -0.1) is 0 Å². The zero-order chi connectivity index (χ0) is 23.5. The molecule has 0 radical (unpaired) electrons. The molecule has 1 amide bonds. The number of carbonyl (C=O) groups excluding carboxylic acids is 1. The Morgan fingerprint density at radius 1 is 1.16 bits per heavy atom. The molecule has 1 fully saturated rings. The van der Waals surface area contributed by atoms with Crippen LogP contribution in [0.2, 0.25) is 0 Å². The van der Waals surface area contributed by atoms with Crippen LogP contribution in [0.3, 0.4) is 0 Å². The molecular weight excluding hydrogens is 432 g/mol. The number of rotatable bonds is 7. The number of nitrogens with zero attached hydrogens (tertiary/aromatic N) is 2.